The minimum atomic E-state index is -2.05. The van der Waals surface area contributed by atoms with Crippen molar-refractivity contribution in [3.05, 3.63) is 24.2 Å². The molecule has 9 nitrogen and oxygen atoms in total. The molecule has 4 rings (SSSR count). The summed E-state index contributed by atoms with van der Waals surface area (Å²) in [5.74, 6) is -0.567. The first-order valence-electron chi connectivity index (χ1n) is 10.9. The standard InChI is InChI=1S/C22H33N5O4Si/c1-19(2,3)32(7,8)28-11-15-17-21(6,31-20(4,5)30-17)22(12-23,29-15)16-10-9-14-18(24)25-13-26-27(14)16/h9-10,13,15,17H,11H2,1-8H3,(H2,24,25,26)/t15-,17-,21-,22+/m1/s1. The monoisotopic (exact) mass is 459 g/mol. The van der Waals surface area contributed by atoms with Crippen LogP contribution in [0.5, 0.6) is 0 Å². The predicted octanol–water partition coefficient (Wildman–Crippen LogP) is 3.36. The second-order valence-corrected chi connectivity index (χ2v) is 15.6. The highest BCUT2D eigenvalue weighted by molar-refractivity contribution is 6.74. The van der Waals surface area contributed by atoms with Gasteiger partial charge in [-0.25, -0.2) is 9.50 Å². The number of hydrogen-bond donors (Lipinski definition) is 1. The molecule has 4 atom stereocenters. The number of aromatic nitrogens is 3. The highest BCUT2D eigenvalue weighted by Gasteiger charge is 2.73. The summed E-state index contributed by atoms with van der Waals surface area (Å²) < 4.78 is 27.3. The lowest BCUT2D eigenvalue weighted by atomic mass is 9.80. The van der Waals surface area contributed by atoms with Crippen LogP contribution >= 0.6 is 0 Å². The van der Waals surface area contributed by atoms with Gasteiger partial charge in [0.05, 0.1) is 12.3 Å². The fraction of sp³-hybridized carbons (Fsp3) is 0.682. The third-order valence-corrected chi connectivity index (χ3v) is 11.7. The van der Waals surface area contributed by atoms with Gasteiger partial charge in [-0.2, -0.15) is 10.4 Å². The highest BCUT2D eigenvalue weighted by Crippen LogP contribution is 2.56. The zero-order chi connectivity index (χ0) is 23.7. The van der Waals surface area contributed by atoms with E-state index in [0.29, 0.717) is 23.6 Å². The first kappa shape index (κ1) is 23.1. The summed E-state index contributed by atoms with van der Waals surface area (Å²) in [6.07, 6.45) is 0.353. The summed E-state index contributed by atoms with van der Waals surface area (Å²) in [4.78, 5) is 4.05. The second kappa shape index (κ2) is 6.98. The number of nitriles is 1. The first-order valence-corrected chi connectivity index (χ1v) is 13.8. The van der Waals surface area contributed by atoms with Crippen molar-refractivity contribution in [2.45, 2.75) is 88.9 Å². The minimum Gasteiger partial charge on any atom is -0.414 e. The van der Waals surface area contributed by atoms with Crippen molar-refractivity contribution in [3.63, 3.8) is 0 Å². The van der Waals surface area contributed by atoms with Gasteiger partial charge in [0.15, 0.2) is 19.9 Å². The molecule has 0 aromatic carbocycles. The number of nitrogens with two attached hydrogens (primary N) is 1. The van der Waals surface area contributed by atoms with Crippen molar-refractivity contribution in [1.82, 2.24) is 14.6 Å². The summed E-state index contributed by atoms with van der Waals surface area (Å²) in [5, 5.41) is 14.9. The Balaban J connectivity index is 1.79. The molecule has 174 valence electrons. The van der Waals surface area contributed by atoms with Gasteiger partial charge >= 0.3 is 0 Å². The van der Waals surface area contributed by atoms with Crippen LogP contribution in [0.25, 0.3) is 5.52 Å². The number of ether oxygens (including phenoxy) is 3. The van der Waals surface area contributed by atoms with Gasteiger partial charge in [-0.05, 0) is 51.0 Å². The Bertz CT molecular complexity index is 1090. The van der Waals surface area contributed by atoms with E-state index in [-0.39, 0.29) is 5.04 Å². The molecule has 0 saturated carbocycles. The topological polar surface area (TPSA) is 117 Å². The molecule has 0 aliphatic carbocycles. The van der Waals surface area contributed by atoms with Crippen LogP contribution in [0, 0.1) is 11.3 Å². The Hall–Kier alpha value is -2.03. The molecular weight excluding hydrogens is 426 g/mol. The van der Waals surface area contributed by atoms with E-state index in [9.17, 15) is 5.26 Å². The molecule has 2 fully saturated rings. The Kier molecular flexibility index (Phi) is 5.05. The smallest absolute Gasteiger partial charge is 0.228 e. The summed E-state index contributed by atoms with van der Waals surface area (Å²) >= 11 is 0. The van der Waals surface area contributed by atoms with Crippen LogP contribution in [0.4, 0.5) is 5.82 Å². The van der Waals surface area contributed by atoms with Gasteiger partial charge in [-0.3, -0.25) is 0 Å². The van der Waals surface area contributed by atoms with Gasteiger partial charge in [0, 0.05) is 0 Å². The molecule has 32 heavy (non-hydrogen) atoms. The molecule has 10 heteroatoms. The van der Waals surface area contributed by atoms with Crippen molar-refractivity contribution in [3.8, 4) is 6.07 Å². The molecular formula is C22H33N5O4Si. The van der Waals surface area contributed by atoms with Crippen molar-refractivity contribution in [2.24, 2.45) is 0 Å². The lowest BCUT2D eigenvalue weighted by molar-refractivity contribution is -0.223. The van der Waals surface area contributed by atoms with Crippen LogP contribution in [0.15, 0.2) is 18.5 Å². The van der Waals surface area contributed by atoms with Crippen LogP contribution in [-0.4, -0.2) is 53.1 Å². The predicted molar refractivity (Wildman–Crippen MR) is 121 cm³/mol. The van der Waals surface area contributed by atoms with Crippen LogP contribution in [0.2, 0.25) is 18.1 Å². The van der Waals surface area contributed by atoms with E-state index in [0.717, 1.165) is 0 Å². The molecule has 2 N–H and O–H groups in total. The Morgan fingerprint density at radius 2 is 1.94 bits per heavy atom. The summed E-state index contributed by atoms with van der Waals surface area (Å²) in [7, 11) is -2.05. The van der Waals surface area contributed by atoms with Gasteiger partial charge in [0.2, 0.25) is 5.60 Å². The van der Waals surface area contributed by atoms with Crippen LogP contribution in [0.3, 0.4) is 0 Å². The van der Waals surface area contributed by atoms with Crippen LogP contribution in [0.1, 0.15) is 47.2 Å². The number of fused-ring (bicyclic) bond motifs is 2. The Morgan fingerprint density at radius 3 is 2.56 bits per heavy atom. The SMILES string of the molecule is CC1(C)O[C@@H]2[C@@H](CO[Si](C)(C)C(C)(C)C)O[C@@](C#N)(c3ccc4c(N)ncnn34)[C@]2(C)O1. The van der Waals surface area contributed by atoms with Gasteiger partial charge in [0.25, 0.3) is 0 Å². The van der Waals surface area contributed by atoms with Gasteiger partial charge in [-0.15, -0.1) is 0 Å². The van der Waals surface area contributed by atoms with E-state index >= 15 is 0 Å². The molecule has 4 heterocycles. The lowest BCUT2D eigenvalue weighted by Crippen LogP contribution is -2.51. The van der Waals surface area contributed by atoms with E-state index in [2.05, 4.69) is 50.0 Å². The molecule has 0 unspecified atom stereocenters. The minimum absolute atomic E-state index is 0.0414. The van der Waals surface area contributed by atoms with E-state index < -0.39 is 37.5 Å². The van der Waals surface area contributed by atoms with Crippen molar-refractivity contribution in [1.29, 1.82) is 5.26 Å². The van der Waals surface area contributed by atoms with Crippen molar-refractivity contribution in [2.75, 3.05) is 12.3 Å². The zero-order valence-corrected chi connectivity index (χ0v) is 21.1. The number of anilines is 1. The highest BCUT2D eigenvalue weighted by atomic mass is 28.4. The van der Waals surface area contributed by atoms with E-state index in [4.69, 9.17) is 24.4 Å². The van der Waals surface area contributed by atoms with Gasteiger partial charge in [0.1, 0.15) is 35.7 Å². The maximum atomic E-state index is 10.5. The van der Waals surface area contributed by atoms with E-state index in [1.807, 2.05) is 20.8 Å². The fourth-order valence-corrected chi connectivity index (χ4v) is 5.49. The molecule has 0 amide bonds. The van der Waals surface area contributed by atoms with E-state index in [1.165, 1.54) is 6.33 Å². The van der Waals surface area contributed by atoms with Gasteiger partial charge in [-0.1, -0.05) is 20.8 Å². The molecule has 0 bridgehead atoms. The van der Waals surface area contributed by atoms with Crippen molar-refractivity contribution < 1.29 is 18.6 Å². The van der Waals surface area contributed by atoms with Gasteiger partial charge < -0.3 is 24.4 Å². The summed E-state index contributed by atoms with van der Waals surface area (Å²) in [6, 6.07) is 5.98. The molecule has 2 aromatic heterocycles. The lowest BCUT2D eigenvalue weighted by Gasteiger charge is -2.37. The third-order valence-electron chi connectivity index (χ3n) is 7.19. The largest absolute Gasteiger partial charge is 0.414 e. The first-order chi connectivity index (χ1) is 14.7. The quantitative estimate of drug-likeness (QED) is 0.692. The second-order valence-electron chi connectivity index (χ2n) is 10.8. The summed E-state index contributed by atoms with van der Waals surface area (Å²) in [6.45, 7) is 16.8. The number of rotatable bonds is 4. The van der Waals surface area contributed by atoms with Crippen LogP contribution in [-0.2, 0) is 24.2 Å². The third kappa shape index (κ3) is 3.18. The fourth-order valence-electron chi connectivity index (χ4n) is 4.48. The molecule has 2 aliphatic heterocycles. The summed E-state index contributed by atoms with van der Waals surface area (Å²) in [5.41, 5.74) is 4.57. The number of nitrogens with zero attached hydrogens (tertiary/aromatic N) is 4. The maximum absolute atomic E-state index is 10.5. The van der Waals surface area contributed by atoms with E-state index in [1.54, 1.807) is 16.6 Å². The number of nitrogen functional groups attached to an aromatic ring is 1. The maximum Gasteiger partial charge on any atom is 0.228 e. The normalized spacial score (nSPS) is 32.2. The van der Waals surface area contributed by atoms with Crippen LogP contribution < -0.4 is 5.73 Å². The average molecular weight is 460 g/mol. The molecule has 0 radical (unpaired) electrons. The molecule has 0 spiro atoms. The Labute approximate surface area is 189 Å². The zero-order valence-electron chi connectivity index (χ0n) is 20.1. The number of hydrogen-bond acceptors (Lipinski definition) is 8. The molecule has 2 aromatic rings. The molecule has 2 aliphatic rings. The Morgan fingerprint density at radius 1 is 1.25 bits per heavy atom. The average Bonchev–Trinajstić information content (AvgIpc) is 3.27. The molecule has 2 saturated heterocycles. The van der Waals surface area contributed by atoms with Crippen molar-refractivity contribution >= 4 is 19.7 Å².